The van der Waals surface area contributed by atoms with E-state index in [-0.39, 0.29) is 16.5 Å². The smallest absolute Gasteiger partial charge is 0.493 e. The van der Waals surface area contributed by atoms with Crippen molar-refractivity contribution in [2.24, 2.45) is 0 Å². The minimum absolute atomic E-state index is 0. The Kier molecular flexibility index (Phi) is 78.5. The maximum Gasteiger partial charge on any atom is 2.00 e. The molecule has 102 heavy (non-hydrogen) atoms. The van der Waals surface area contributed by atoms with Crippen molar-refractivity contribution in [3.8, 4) is 0 Å². The van der Waals surface area contributed by atoms with Gasteiger partial charge in [0.25, 0.3) is 0 Å². The van der Waals surface area contributed by atoms with Crippen LogP contribution in [0, 0.1) is 13.8 Å². The quantitative estimate of drug-likeness (QED) is 0.0273. The van der Waals surface area contributed by atoms with Crippen LogP contribution < -0.4 is 0 Å². The van der Waals surface area contributed by atoms with Gasteiger partial charge in [-0.25, -0.2) is 4.70 Å². The summed E-state index contributed by atoms with van der Waals surface area (Å²) in [7, 11) is 0. The first-order chi connectivity index (χ1) is 49.8. The first-order valence-electron chi connectivity index (χ1n) is 46.6. The zero-order valence-electron chi connectivity index (χ0n) is 70.5. The average Bonchev–Trinajstić information content (AvgIpc) is 1.62. The van der Waals surface area contributed by atoms with Crippen molar-refractivity contribution >= 4 is 11.4 Å². The molecule has 2 aromatic carbocycles. The molecule has 1 aliphatic rings. The number of hydrogen-bond donors (Lipinski definition) is 0. The molecular formula is C99H180N2Ni. The molecule has 0 radical (unpaired) electrons. The van der Waals surface area contributed by atoms with Crippen molar-refractivity contribution in [1.82, 2.24) is 0 Å². The molecule has 1 heterocycles. The topological polar surface area (TPSA) is 25.3 Å². The second-order valence-corrected chi connectivity index (χ2v) is 32.6. The van der Waals surface area contributed by atoms with Crippen LogP contribution in [0.2, 0.25) is 0 Å². The van der Waals surface area contributed by atoms with Crippen LogP contribution in [0.4, 0.5) is 0 Å². The summed E-state index contributed by atoms with van der Waals surface area (Å²) >= 11 is 0. The normalized spacial score (nSPS) is 12.1. The van der Waals surface area contributed by atoms with E-state index in [0.29, 0.717) is 0 Å². The third-order valence-corrected chi connectivity index (χ3v) is 22.3. The fraction of sp³-hybridized carbons (Fsp3) is 0.818. The Balaban J connectivity index is 0.00000532. The summed E-state index contributed by atoms with van der Waals surface area (Å²) in [5.74, 6) is 0. The molecule has 596 valence electrons. The summed E-state index contributed by atoms with van der Waals surface area (Å²) in [6.45, 7) is 23.5. The molecule has 0 bridgehead atoms. The van der Waals surface area contributed by atoms with E-state index in [4.69, 9.17) is 0 Å². The molecule has 0 aliphatic carbocycles. The Morgan fingerprint density at radius 2 is 0.402 bits per heavy atom. The molecule has 1 aliphatic heterocycles. The van der Waals surface area contributed by atoms with E-state index in [1.54, 1.807) is 4.70 Å². The monoisotopic (exact) mass is 1460 g/mol. The van der Waals surface area contributed by atoms with Gasteiger partial charge >= 0.3 is 16.5 Å². The van der Waals surface area contributed by atoms with Gasteiger partial charge in [-0.05, 0) is 105 Å². The number of benzene rings is 2. The molecule has 0 saturated heterocycles. The van der Waals surface area contributed by atoms with Crippen LogP contribution in [-0.2, 0) is 42.2 Å². The summed E-state index contributed by atoms with van der Waals surface area (Å²) in [6.07, 6.45) is 104. The van der Waals surface area contributed by atoms with Crippen molar-refractivity contribution < 1.29 is 21.2 Å². The van der Waals surface area contributed by atoms with E-state index < -0.39 is 0 Å². The molecule has 0 fully saturated rings. The van der Waals surface area contributed by atoms with E-state index >= 15 is 0 Å². The van der Waals surface area contributed by atoms with Crippen LogP contribution in [0.1, 0.15) is 531 Å². The standard InChI is InChI=1S/C83H146N2.2C8H17.Ni/c1-6-10-14-18-22-24-26-28-30-32-34-36-38-40-42-44-46-48-50-52-54-58-62-65-77-69-76(64-60-56-20-16-12-8-3)71-80(72-77)82-68-75(5)83(85(82)84)81-73-78(66-61-57-21-17-13-9-4)70-79(74-81)67-63-59-55-53-51-49-47-45-43-41-39-37-35-33-31-29-27-25-23-19-15-11-7-2;2*1-3-5-7-8-6-4-2;/h68-74H,6-67H2,1-5H3;2*1,3-8H2,2H3;/q;2*-1;+2. The number of nitrogens with zero attached hydrogens (tertiary/aromatic N) is 2. The number of allylic oxidation sites excluding steroid dienone is 2. The Bertz CT molecular complexity index is 2090. The Hall–Kier alpha value is -1.99. The Morgan fingerprint density at radius 3 is 0.588 bits per heavy atom. The van der Waals surface area contributed by atoms with Gasteiger partial charge in [0.15, 0.2) is 0 Å². The van der Waals surface area contributed by atoms with Crippen molar-refractivity contribution in [2.75, 3.05) is 0 Å². The first-order valence-corrected chi connectivity index (χ1v) is 46.6. The average molecular weight is 1460 g/mol. The van der Waals surface area contributed by atoms with Gasteiger partial charge in [-0.15, -0.1) is 0 Å². The van der Waals surface area contributed by atoms with Crippen molar-refractivity contribution in [3.05, 3.63) is 101 Å². The van der Waals surface area contributed by atoms with E-state index in [2.05, 4.69) is 105 Å². The van der Waals surface area contributed by atoms with Gasteiger partial charge in [0, 0.05) is 22.8 Å². The summed E-state index contributed by atoms with van der Waals surface area (Å²) in [5, 5.41) is 0. The number of aryl methyl sites for hydroxylation is 4. The van der Waals surface area contributed by atoms with E-state index in [9.17, 15) is 5.53 Å². The number of unbranched alkanes of at least 4 members (excludes halogenated alkanes) is 64. The third-order valence-electron chi connectivity index (χ3n) is 22.3. The largest absolute Gasteiger partial charge is 2.00 e. The molecule has 2 aromatic rings. The zero-order chi connectivity index (χ0) is 73.0. The Labute approximate surface area is 652 Å². The predicted octanol–water partition coefficient (Wildman–Crippen LogP) is 35.7. The fourth-order valence-corrected chi connectivity index (χ4v) is 15.6. The van der Waals surface area contributed by atoms with E-state index in [0.717, 1.165) is 49.9 Å². The second kappa shape index (κ2) is 80.0. The fourth-order valence-electron chi connectivity index (χ4n) is 15.6. The van der Waals surface area contributed by atoms with Crippen LogP contribution in [0.25, 0.3) is 16.9 Å². The SMILES string of the molecule is CCCCCCCCCCCCCCCCCCCCCCCCCc1cc(CCCCCCCC)cc(C2=CC(C)=C(c3cc(CCCCCCCC)cc(CCCCCCCCCCCCCCCCCCCCCCCCC)c3)[N+]2=[N-])c1.[CH2-]CCCCCCC.[CH2-]CCCCCCC.[Ni+2]. The minimum atomic E-state index is 0. The zero-order valence-corrected chi connectivity index (χ0v) is 71.5. The van der Waals surface area contributed by atoms with Crippen LogP contribution in [0.15, 0.2) is 48.0 Å². The number of hydrogen-bond acceptors (Lipinski definition) is 0. The molecule has 0 atom stereocenters. The van der Waals surface area contributed by atoms with Gasteiger partial charge in [0.1, 0.15) is 0 Å². The minimum Gasteiger partial charge on any atom is -0.493 e. The van der Waals surface area contributed by atoms with Gasteiger partial charge in [0.2, 0.25) is 11.4 Å². The van der Waals surface area contributed by atoms with Crippen LogP contribution in [0.5, 0.6) is 0 Å². The van der Waals surface area contributed by atoms with Gasteiger partial charge in [-0.1, -0.05) is 465 Å². The van der Waals surface area contributed by atoms with Crippen molar-refractivity contribution in [3.63, 3.8) is 0 Å². The summed E-state index contributed by atoms with van der Waals surface area (Å²) < 4.78 is 1.58. The van der Waals surface area contributed by atoms with E-state index in [1.807, 2.05) is 0 Å². The van der Waals surface area contributed by atoms with Crippen LogP contribution >= 0.6 is 0 Å². The van der Waals surface area contributed by atoms with Gasteiger partial charge < -0.3 is 19.4 Å². The van der Waals surface area contributed by atoms with Crippen molar-refractivity contribution in [2.45, 2.75) is 524 Å². The molecule has 0 amide bonds. The molecule has 0 saturated carbocycles. The molecule has 0 spiro atoms. The van der Waals surface area contributed by atoms with Crippen molar-refractivity contribution in [1.29, 1.82) is 0 Å². The van der Waals surface area contributed by atoms with Crippen LogP contribution in [-0.4, -0.2) is 4.70 Å². The molecule has 3 rings (SSSR count). The molecule has 2 nitrogen and oxygen atoms in total. The van der Waals surface area contributed by atoms with Gasteiger partial charge in [0.05, 0.1) is 0 Å². The molecule has 3 heteroatoms. The summed E-state index contributed by atoms with van der Waals surface area (Å²) in [6, 6.07) is 14.7. The number of rotatable bonds is 74. The second-order valence-electron chi connectivity index (χ2n) is 32.6. The summed E-state index contributed by atoms with van der Waals surface area (Å²) in [5.41, 5.74) is 23.7. The molecule has 0 N–H and O–H groups in total. The van der Waals surface area contributed by atoms with Crippen LogP contribution in [0.3, 0.4) is 0 Å². The predicted molar refractivity (Wildman–Crippen MR) is 460 cm³/mol. The maximum absolute atomic E-state index is 12.3. The molecule has 0 unspecified atom stereocenters. The van der Waals surface area contributed by atoms with E-state index in [1.165, 1.54) is 476 Å². The maximum atomic E-state index is 12.3. The molecular weight excluding hydrogens is 1280 g/mol. The summed E-state index contributed by atoms with van der Waals surface area (Å²) in [4.78, 5) is 0. The first kappa shape index (κ1) is 100. The van der Waals surface area contributed by atoms with Gasteiger partial charge in [-0.2, -0.15) is 12.8 Å². The van der Waals surface area contributed by atoms with Gasteiger partial charge in [-0.3, -0.25) is 0 Å². The third kappa shape index (κ3) is 62.0. The Morgan fingerprint density at radius 1 is 0.235 bits per heavy atom. The molecule has 0 aromatic heterocycles.